The molecule has 140 valence electrons. The summed E-state index contributed by atoms with van der Waals surface area (Å²) in [4.78, 5) is 28.6. The van der Waals surface area contributed by atoms with Crippen LogP contribution in [-0.2, 0) is 17.5 Å². The molecule has 2 aromatic carbocycles. The van der Waals surface area contributed by atoms with Gasteiger partial charge >= 0.3 is 6.18 Å². The number of fused-ring (bicyclic) bond motifs is 1. The van der Waals surface area contributed by atoms with Crippen LogP contribution in [-0.4, -0.2) is 15.5 Å². The molecule has 0 aliphatic rings. The molecule has 0 bridgehead atoms. The summed E-state index contributed by atoms with van der Waals surface area (Å²) in [5, 5.41) is 2.54. The summed E-state index contributed by atoms with van der Waals surface area (Å²) >= 11 is 11.5. The quantitative estimate of drug-likeness (QED) is 0.690. The number of benzene rings is 2. The lowest BCUT2D eigenvalue weighted by Gasteiger charge is -2.14. The molecule has 0 aliphatic heterocycles. The summed E-state index contributed by atoms with van der Waals surface area (Å²) in [6.07, 6.45) is -3.56. The topological polar surface area (TPSA) is 64.0 Å². The highest BCUT2D eigenvalue weighted by atomic mass is 35.5. The first-order valence-corrected chi connectivity index (χ1v) is 8.22. The van der Waals surface area contributed by atoms with Gasteiger partial charge in [0.05, 0.1) is 28.5 Å². The van der Waals surface area contributed by atoms with Crippen molar-refractivity contribution >= 4 is 45.7 Å². The Labute approximate surface area is 160 Å². The van der Waals surface area contributed by atoms with Crippen molar-refractivity contribution in [3.63, 3.8) is 0 Å². The molecule has 3 rings (SSSR count). The van der Waals surface area contributed by atoms with Crippen molar-refractivity contribution in [2.24, 2.45) is 0 Å². The second-order valence-electron chi connectivity index (χ2n) is 5.57. The van der Waals surface area contributed by atoms with Crippen LogP contribution in [0.25, 0.3) is 10.9 Å². The molecular weight excluding hydrogens is 406 g/mol. The molecule has 1 amide bonds. The standard InChI is InChI=1S/C17H10Cl2F3N3O2/c18-9-1-3-13-11(5-9)16(27)25(8-23-13)7-15(26)24-14-4-2-10(19)6-12(14)17(20,21)22/h1-6,8H,7H2,(H,24,26). The number of nitrogens with zero attached hydrogens (tertiary/aromatic N) is 2. The minimum atomic E-state index is -4.70. The fourth-order valence-electron chi connectivity index (χ4n) is 2.45. The van der Waals surface area contributed by atoms with Crippen LogP contribution in [0.3, 0.4) is 0 Å². The van der Waals surface area contributed by atoms with Crippen molar-refractivity contribution in [3.05, 3.63) is 68.7 Å². The molecule has 0 radical (unpaired) electrons. The molecule has 1 aromatic heterocycles. The molecule has 1 N–H and O–H groups in total. The van der Waals surface area contributed by atoms with Gasteiger partial charge in [-0.15, -0.1) is 0 Å². The van der Waals surface area contributed by atoms with Crippen LogP contribution in [0.5, 0.6) is 0 Å². The molecule has 0 saturated carbocycles. The van der Waals surface area contributed by atoms with Gasteiger partial charge in [0.15, 0.2) is 0 Å². The van der Waals surface area contributed by atoms with Crippen LogP contribution < -0.4 is 10.9 Å². The van der Waals surface area contributed by atoms with Crippen molar-refractivity contribution in [2.75, 3.05) is 5.32 Å². The summed E-state index contributed by atoms with van der Waals surface area (Å²) in [5.74, 6) is -0.826. The number of nitrogens with one attached hydrogen (secondary N) is 1. The largest absolute Gasteiger partial charge is 0.418 e. The highest BCUT2D eigenvalue weighted by Gasteiger charge is 2.34. The van der Waals surface area contributed by atoms with Gasteiger partial charge in [0, 0.05) is 10.0 Å². The summed E-state index contributed by atoms with van der Waals surface area (Å²) in [6, 6.07) is 7.49. The average Bonchev–Trinajstić information content (AvgIpc) is 2.58. The fraction of sp³-hybridized carbons (Fsp3) is 0.118. The van der Waals surface area contributed by atoms with Crippen molar-refractivity contribution in [2.45, 2.75) is 12.7 Å². The van der Waals surface area contributed by atoms with E-state index in [2.05, 4.69) is 10.3 Å². The normalized spacial score (nSPS) is 11.6. The molecule has 27 heavy (non-hydrogen) atoms. The SMILES string of the molecule is O=C(Cn1cnc2ccc(Cl)cc2c1=O)Nc1ccc(Cl)cc1C(F)(F)F. The Morgan fingerprint density at radius 3 is 2.48 bits per heavy atom. The van der Waals surface area contributed by atoms with E-state index < -0.39 is 35.4 Å². The molecule has 0 saturated heterocycles. The minimum absolute atomic E-state index is 0.118. The maximum Gasteiger partial charge on any atom is 0.418 e. The molecule has 10 heteroatoms. The number of halogens is 5. The van der Waals surface area contributed by atoms with E-state index in [1.807, 2.05) is 0 Å². The monoisotopic (exact) mass is 415 g/mol. The molecule has 1 heterocycles. The number of carbonyl (C=O) groups excluding carboxylic acids is 1. The highest BCUT2D eigenvalue weighted by molar-refractivity contribution is 6.31. The predicted octanol–water partition coefficient (Wildman–Crippen LogP) is 4.36. The number of hydrogen-bond donors (Lipinski definition) is 1. The Morgan fingerprint density at radius 2 is 1.78 bits per heavy atom. The van der Waals surface area contributed by atoms with Gasteiger partial charge in [-0.3, -0.25) is 14.2 Å². The third-order valence-corrected chi connectivity index (χ3v) is 4.13. The van der Waals surface area contributed by atoms with Gasteiger partial charge in [0.2, 0.25) is 5.91 Å². The van der Waals surface area contributed by atoms with Crippen LogP contribution in [0.15, 0.2) is 47.5 Å². The lowest BCUT2D eigenvalue weighted by molar-refractivity contribution is -0.137. The Balaban J connectivity index is 1.88. The van der Waals surface area contributed by atoms with E-state index in [4.69, 9.17) is 23.2 Å². The Bertz CT molecular complexity index is 1100. The van der Waals surface area contributed by atoms with E-state index in [1.165, 1.54) is 12.1 Å². The number of carbonyl (C=O) groups is 1. The zero-order valence-corrected chi connectivity index (χ0v) is 14.9. The zero-order chi connectivity index (χ0) is 19.8. The Morgan fingerprint density at radius 1 is 1.11 bits per heavy atom. The van der Waals surface area contributed by atoms with Crippen LogP contribution in [0.1, 0.15) is 5.56 Å². The lowest BCUT2D eigenvalue weighted by atomic mass is 10.1. The van der Waals surface area contributed by atoms with Crippen molar-refractivity contribution < 1.29 is 18.0 Å². The second kappa shape index (κ2) is 7.21. The van der Waals surface area contributed by atoms with Crippen LogP contribution in [0.4, 0.5) is 18.9 Å². The predicted molar refractivity (Wildman–Crippen MR) is 96.1 cm³/mol. The van der Waals surface area contributed by atoms with E-state index in [1.54, 1.807) is 12.1 Å². The van der Waals surface area contributed by atoms with Crippen LogP contribution in [0, 0.1) is 0 Å². The molecule has 5 nitrogen and oxygen atoms in total. The molecule has 0 aliphatic carbocycles. The van der Waals surface area contributed by atoms with E-state index >= 15 is 0 Å². The maximum atomic E-state index is 13.1. The minimum Gasteiger partial charge on any atom is -0.324 e. The van der Waals surface area contributed by atoms with Crippen molar-refractivity contribution in [1.82, 2.24) is 9.55 Å². The average molecular weight is 416 g/mol. The number of amides is 1. The van der Waals surface area contributed by atoms with E-state index in [0.717, 1.165) is 17.0 Å². The lowest BCUT2D eigenvalue weighted by Crippen LogP contribution is -2.28. The van der Waals surface area contributed by atoms with Crippen molar-refractivity contribution in [1.29, 1.82) is 0 Å². The summed E-state index contributed by atoms with van der Waals surface area (Å²) in [5.41, 5.74) is -1.69. The fourth-order valence-corrected chi connectivity index (χ4v) is 2.79. The Hall–Kier alpha value is -2.58. The third-order valence-electron chi connectivity index (χ3n) is 3.66. The van der Waals surface area contributed by atoms with Gasteiger partial charge in [-0.25, -0.2) is 4.98 Å². The van der Waals surface area contributed by atoms with E-state index in [0.29, 0.717) is 16.6 Å². The number of hydrogen-bond acceptors (Lipinski definition) is 3. The smallest absolute Gasteiger partial charge is 0.324 e. The molecule has 3 aromatic rings. The molecule has 0 atom stereocenters. The number of aromatic nitrogens is 2. The zero-order valence-electron chi connectivity index (χ0n) is 13.3. The molecule has 0 spiro atoms. The van der Waals surface area contributed by atoms with Gasteiger partial charge in [-0.2, -0.15) is 13.2 Å². The summed E-state index contributed by atoms with van der Waals surface area (Å²) < 4.78 is 40.3. The van der Waals surface area contributed by atoms with Crippen LogP contribution >= 0.6 is 23.2 Å². The number of rotatable bonds is 3. The van der Waals surface area contributed by atoms with E-state index in [9.17, 15) is 22.8 Å². The highest BCUT2D eigenvalue weighted by Crippen LogP contribution is 2.36. The summed E-state index contributed by atoms with van der Waals surface area (Å²) in [6.45, 7) is -0.520. The number of anilines is 1. The first-order chi connectivity index (χ1) is 12.6. The van der Waals surface area contributed by atoms with Crippen LogP contribution in [0.2, 0.25) is 10.0 Å². The Kier molecular flexibility index (Phi) is 5.12. The van der Waals surface area contributed by atoms with Gasteiger partial charge < -0.3 is 5.32 Å². The third kappa shape index (κ3) is 4.23. The van der Waals surface area contributed by atoms with Gasteiger partial charge in [-0.1, -0.05) is 23.2 Å². The van der Waals surface area contributed by atoms with Gasteiger partial charge in [-0.05, 0) is 36.4 Å². The van der Waals surface area contributed by atoms with Gasteiger partial charge in [0.1, 0.15) is 6.54 Å². The molecule has 0 unspecified atom stereocenters. The van der Waals surface area contributed by atoms with Crippen molar-refractivity contribution in [3.8, 4) is 0 Å². The van der Waals surface area contributed by atoms with Gasteiger partial charge in [0.25, 0.3) is 5.56 Å². The van der Waals surface area contributed by atoms with E-state index in [-0.39, 0.29) is 10.4 Å². The summed E-state index contributed by atoms with van der Waals surface area (Å²) in [7, 11) is 0. The first kappa shape index (κ1) is 19.2. The first-order valence-electron chi connectivity index (χ1n) is 7.46. The second-order valence-corrected chi connectivity index (χ2v) is 6.45. The molecule has 0 fully saturated rings. The number of alkyl halides is 3. The maximum absolute atomic E-state index is 13.1. The molecular formula is C17H10Cl2F3N3O2.